The Morgan fingerprint density at radius 1 is 1.36 bits per heavy atom. The molecule has 0 aliphatic rings. The monoisotopic (exact) mass is 253 g/mol. The van der Waals surface area contributed by atoms with Gasteiger partial charge in [0.25, 0.3) is 0 Å². The Bertz CT molecular complexity index is 441. The largest absolute Gasteiger partial charge is 0.338 e. The van der Waals surface area contributed by atoms with Gasteiger partial charge in [0.1, 0.15) is 0 Å². The number of halogens is 1. The molecular formula is C9H8BrN3O. The van der Waals surface area contributed by atoms with Crippen LogP contribution in [0.15, 0.2) is 33.3 Å². The molecule has 0 saturated heterocycles. The lowest BCUT2D eigenvalue weighted by molar-refractivity contribution is 0.380. The third-order valence-electron chi connectivity index (χ3n) is 1.76. The Labute approximate surface area is 89.2 Å². The molecule has 0 amide bonds. The van der Waals surface area contributed by atoms with E-state index in [1.807, 2.05) is 24.3 Å². The number of hydrogen-bond acceptors (Lipinski definition) is 4. The van der Waals surface area contributed by atoms with E-state index < -0.39 is 0 Å². The van der Waals surface area contributed by atoms with Crippen LogP contribution < -0.4 is 5.73 Å². The Hall–Kier alpha value is -1.20. The minimum absolute atomic E-state index is 0.261. The van der Waals surface area contributed by atoms with Crippen LogP contribution in [-0.4, -0.2) is 10.1 Å². The van der Waals surface area contributed by atoms with Gasteiger partial charge in [0.05, 0.1) is 6.54 Å². The van der Waals surface area contributed by atoms with E-state index in [0.717, 1.165) is 10.0 Å². The lowest BCUT2D eigenvalue weighted by Gasteiger charge is -1.96. The van der Waals surface area contributed by atoms with Crippen molar-refractivity contribution in [3.8, 4) is 11.4 Å². The van der Waals surface area contributed by atoms with Crippen molar-refractivity contribution in [1.29, 1.82) is 0 Å². The van der Waals surface area contributed by atoms with E-state index in [4.69, 9.17) is 10.3 Å². The highest BCUT2D eigenvalue weighted by Crippen LogP contribution is 2.25. The standard InChI is InChI=1S/C9H8BrN3O/c10-7-4-2-1-3-6(7)9-12-8(5-11)14-13-9/h1-4H,5,11H2. The van der Waals surface area contributed by atoms with Crippen LogP contribution in [-0.2, 0) is 6.54 Å². The summed E-state index contributed by atoms with van der Waals surface area (Å²) in [4.78, 5) is 4.13. The molecule has 0 aliphatic carbocycles. The van der Waals surface area contributed by atoms with Crippen LogP contribution in [0.3, 0.4) is 0 Å². The van der Waals surface area contributed by atoms with Crippen LogP contribution in [0.4, 0.5) is 0 Å². The summed E-state index contributed by atoms with van der Waals surface area (Å²) in [5, 5.41) is 3.82. The zero-order chi connectivity index (χ0) is 9.97. The predicted molar refractivity (Wildman–Crippen MR) is 55.3 cm³/mol. The molecule has 0 unspecified atom stereocenters. The number of rotatable bonds is 2. The highest BCUT2D eigenvalue weighted by atomic mass is 79.9. The van der Waals surface area contributed by atoms with Gasteiger partial charge in [-0.15, -0.1) is 0 Å². The topological polar surface area (TPSA) is 64.9 Å². The number of nitrogens with zero attached hydrogens (tertiary/aromatic N) is 2. The Morgan fingerprint density at radius 2 is 2.14 bits per heavy atom. The summed E-state index contributed by atoms with van der Waals surface area (Å²) in [5.74, 6) is 0.994. The van der Waals surface area contributed by atoms with Gasteiger partial charge in [-0.1, -0.05) is 33.2 Å². The SMILES string of the molecule is NCc1nc(-c2ccccc2Br)no1. The molecule has 0 saturated carbocycles. The maximum absolute atomic E-state index is 5.37. The van der Waals surface area contributed by atoms with Crippen molar-refractivity contribution >= 4 is 15.9 Å². The Kier molecular flexibility index (Phi) is 2.60. The average molecular weight is 254 g/mol. The molecule has 1 aromatic heterocycles. The minimum Gasteiger partial charge on any atom is -0.338 e. The van der Waals surface area contributed by atoms with Gasteiger partial charge in [0.2, 0.25) is 11.7 Å². The van der Waals surface area contributed by atoms with E-state index in [1.165, 1.54) is 0 Å². The van der Waals surface area contributed by atoms with Crippen LogP contribution in [0.25, 0.3) is 11.4 Å². The lowest BCUT2D eigenvalue weighted by atomic mass is 10.2. The molecule has 1 aromatic carbocycles. The maximum Gasteiger partial charge on any atom is 0.240 e. The molecule has 0 radical (unpaired) electrons. The number of nitrogens with two attached hydrogens (primary N) is 1. The molecule has 0 fully saturated rings. The summed E-state index contributed by atoms with van der Waals surface area (Å²) in [6.45, 7) is 0.261. The zero-order valence-corrected chi connectivity index (χ0v) is 8.86. The van der Waals surface area contributed by atoms with Crippen LogP contribution in [0.5, 0.6) is 0 Å². The summed E-state index contributed by atoms with van der Waals surface area (Å²) in [7, 11) is 0. The first-order valence-corrected chi connectivity index (χ1v) is 4.88. The van der Waals surface area contributed by atoms with Crippen molar-refractivity contribution < 1.29 is 4.52 Å². The first-order valence-electron chi connectivity index (χ1n) is 4.09. The summed E-state index contributed by atoms with van der Waals surface area (Å²) in [5.41, 5.74) is 6.27. The van der Waals surface area contributed by atoms with E-state index in [9.17, 15) is 0 Å². The summed E-state index contributed by atoms with van der Waals surface area (Å²) >= 11 is 3.41. The van der Waals surface area contributed by atoms with Gasteiger partial charge in [0.15, 0.2) is 0 Å². The highest BCUT2D eigenvalue weighted by molar-refractivity contribution is 9.10. The normalized spacial score (nSPS) is 10.4. The average Bonchev–Trinajstić information content (AvgIpc) is 2.67. The molecule has 5 heteroatoms. The minimum atomic E-state index is 0.261. The molecular weight excluding hydrogens is 246 g/mol. The summed E-state index contributed by atoms with van der Waals surface area (Å²) in [6.07, 6.45) is 0. The second kappa shape index (κ2) is 3.89. The van der Waals surface area contributed by atoms with Gasteiger partial charge >= 0.3 is 0 Å². The van der Waals surface area contributed by atoms with E-state index in [-0.39, 0.29) is 6.54 Å². The van der Waals surface area contributed by atoms with E-state index in [2.05, 4.69) is 26.1 Å². The molecule has 1 heterocycles. The van der Waals surface area contributed by atoms with Crippen molar-refractivity contribution in [3.05, 3.63) is 34.6 Å². The van der Waals surface area contributed by atoms with Crippen LogP contribution >= 0.6 is 15.9 Å². The van der Waals surface area contributed by atoms with Gasteiger partial charge in [-0.25, -0.2) is 0 Å². The Balaban J connectivity index is 2.44. The van der Waals surface area contributed by atoms with Crippen molar-refractivity contribution in [1.82, 2.24) is 10.1 Å². The van der Waals surface area contributed by atoms with E-state index in [0.29, 0.717) is 11.7 Å². The van der Waals surface area contributed by atoms with Gasteiger partial charge in [-0.2, -0.15) is 4.98 Å². The van der Waals surface area contributed by atoms with Crippen LogP contribution in [0.2, 0.25) is 0 Å². The molecule has 2 N–H and O–H groups in total. The molecule has 0 spiro atoms. The highest BCUT2D eigenvalue weighted by Gasteiger charge is 2.09. The lowest BCUT2D eigenvalue weighted by Crippen LogP contribution is -1.95. The van der Waals surface area contributed by atoms with Crippen LogP contribution in [0.1, 0.15) is 5.89 Å². The van der Waals surface area contributed by atoms with E-state index >= 15 is 0 Å². The fraction of sp³-hybridized carbons (Fsp3) is 0.111. The quantitative estimate of drug-likeness (QED) is 0.889. The van der Waals surface area contributed by atoms with Gasteiger partial charge < -0.3 is 10.3 Å². The van der Waals surface area contributed by atoms with Crippen molar-refractivity contribution in [2.24, 2.45) is 5.73 Å². The summed E-state index contributed by atoms with van der Waals surface area (Å²) in [6, 6.07) is 7.68. The van der Waals surface area contributed by atoms with Crippen molar-refractivity contribution in [3.63, 3.8) is 0 Å². The van der Waals surface area contributed by atoms with Crippen LogP contribution in [0, 0.1) is 0 Å². The van der Waals surface area contributed by atoms with Gasteiger partial charge in [0, 0.05) is 10.0 Å². The second-order valence-electron chi connectivity index (χ2n) is 2.70. The number of benzene rings is 1. The first kappa shape index (κ1) is 9.36. The zero-order valence-electron chi connectivity index (χ0n) is 7.27. The predicted octanol–water partition coefficient (Wildman–Crippen LogP) is 1.96. The molecule has 0 bridgehead atoms. The van der Waals surface area contributed by atoms with Gasteiger partial charge in [-0.3, -0.25) is 0 Å². The second-order valence-corrected chi connectivity index (χ2v) is 3.55. The van der Waals surface area contributed by atoms with E-state index in [1.54, 1.807) is 0 Å². The molecule has 14 heavy (non-hydrogen) atoms. The maximum atomic E-state index is 5.37. The smallest absolute Gasteiger partial charge is 0.240 e. The number of hydrogen-bond donors (Lipinski definition) is 1. The first-order chi connectivity index (χ1) is 6.81. The molecule has 2 rings (SSSR count). The Morgan fingerprint density at radius 3 is 2.79 bits per heavy atom. The van der Waals surface area contributed by atoms with Crippen molar-refractivity contribution in [2.45, 2.75) is 6.54 Å². The molecule has 0 atom stereocenters. The van der Waals surface area contributed by atoms with Crippen molar-refractivity contribution in [2.75, 3.05) is 0 Å². The fourth-order valence-corrected chi connectivity index (χ4v) is 1.55. The molecule has 4 nitrogen and oxygen atoms in total. The third-order valence-corrected chi connectivity index (χ3v) is 2.45. The fourth-order valence-electron chi connectivity index (χ4n) is 1.09. The summed E-state index contributed by atoms with van der Waals surface area (Å²) < 4.78 is 5.85. The van der Waals surface area contributed by atoms with Gasteiger partial charge in [-0.05, 0) is 12.1 Å². The molecule has 0 aliphatic heterocycles. The number of aromatic nitrogens is 2. The molecule has 72 valence electrons. The molecule has 2 aromatic rings. The third kappa shape index (κ3) is 1.69.